The number of rotatable bonds is 9. The van der Waals surface area contributed by atoms with Crippen LogP contribution in [-0.2, 0) is 11.3 Å². The second kappa shape index (κ2) is 10.5. The first-order chi connectivity index (χ1) is 16.5. The summed E-state index contributed by atoms with van der Waals surface area (Å²) in [6, 6.07) is 15.3. The van der Waals surface area contributed by atoms with Gasteiger partial charge in [-0.15, -0.1) is 0 Å². The molecule has 0 aliphatic rings. The molecule has 1 N–H and O–H groups in total. The van der Waals surface area contributed by atoms with Gasteiger partial charge in [0.2, 0.25) is 5.91 Å². The number of carbonyl (C=O) groups excluding carboxylic acids is 1. The summed E-state index contributed by atoms with van der Waals surface area (Å²) in [5.41, 5.74) is 4.35. The molecule has 4 aromatic rings. The number of benzene rings is 2. The summed E-state index contributed by atoms with van der Waals surface area (Å²) in [5, 5.41) is 8.33. The first kappa shape index (κ1) is 23.4. The fourth-order valence-corrected chi connectivity index (χ4v) is 4.39. The molecule has 0 aliphatic heterocycles. The normalized spacial score (nSPS) is 10.8. The predicted octanol–water partition coefficient (Wildman–Crippen LogP) is 4.14. The van der Waals surface area contributed by atoms with Crippen LogP contribution in [0.5, 0.6) is 17.2 Å². The molecule has 34 heavy (non-hydrogen) atoms. The van der Waals surface area contributed by atoms with E-state index in [4.69, 9.17) is 19.2 Å². The van der Waals surface area contributed by atoms with Crippen LogP contribution in [0.25, 0.3) is 16.8 Å². The Kier molecular flexibility index (Phi) is 7.22. The van der Waals surface area contributed by atoms with Crippen LogP contribution in [0.4, 0.5) is 0 Å². The Morgan fingerprint density at radius 1 is 1.00 bits per heavy atom. The first-order valence-electron chi connectivity index (χ1n) is 10.6. The lowest BCUT2D eigenvalue weighted by Crippen LogP contribution is -2.24. The van der Waals surface area contributed by atoms with Crippen molar-refractivity contribution in [3.05, 3.63) is 66.0 Å². The molecule has 0 spiro atoms. The molecule has 176 valence electrons. The van der Waals surface area contributed by atoms with Gasteiger partial charge in [-0.25, -0.2) is 9.50 Å². The predicted molar refractivity (Wildman–Crippen MR) is 132 cm³/mol. The lowest BCUT2D eigenvalue weighted by molar-refractivity contribution is -0.118. The minimum Gasteiger partial charge on any atom is -0.497 e. The summed E-state index contributed by atoms with van der Waals surface area (Å²) in [7, 11) is 4.84. The Morgan fingerprint density at radius 2 is 1.76 bits per heavy atom. The van der Waals surface area contributed by atoms with Crippen LogP contribution >= 0.6 is 11.8 Å². The maximum atomic E-state index is 12.5. The zero-order valence-electron chi connectivity index (χ0n) is 19.5. The molecule has 0 atom stereocenters. The zero-order chi connectivity index (χ0) is 24.1. The Bertz CT molecular complexity index is 1300. The van der Waals surface area contributed by atoms with Crippen LogP contribution in [-0.4, -0.2) is 47.6 Å². The molecule has 0 unspecified atom stereocenters. The van der Waals surface area contributed by atoms with Gasteiger partial charge < -0.3 is 19.5 Å². The van der Waals surface area contributed by atoms with Crippen molar-refractivity contribution in [2.24, 2.45) is 0 Å². The number of nitrogens with zero attached hydrogens (tertiary/aromatic N) is 3. The number of hydrogen-bond acceptors (Lipinski definition) is 7. The van der Waals surface area contributed by atoms with Gasteiger partial charge in [0, 0.05) is 17.8 Å². The van der Waals surface area contributed by atoms with Gasteiger partial charge in [0.1, 0.15) is 10.8 Å². The molecule has 9 heteroatoms. The molecular formula is C25H26N4O4S. The molecule has 2 aromatic carbocycles. The third kappa shape index (κ3) is 5.09. The van der Waals surface area contributed by atoms with E-state index in [9.17, 15) is 4.79 Å². The van der Waals surface area contributed by atoms with Crippen molar-refractivity contribution >= 4 is 23.3 Å². The number of methoxy groups -OCH3 is 3. The molecule has 0 aliphatic carbocycles. The van der Waals surface area contributed by atoms with Crippen molar-refractivity contribution < 1.29 is 19.0 Å². The maximum Gasteiger partial charge on any atom is 0.230 e. The van der Waals surface area contributed by atoms with Crippen LogP contribution < -0.4 is 19.5 Å². The average Bonchev–Trinajstić information content (AvgIpc) is 3.29. The molecule has 0 saturated heterocycles. The van der Waals surface area contributed by atoms with Gasteiger partial charge in [0.25, 0.3) is 0 Å². The third-order valence-electron chi connectivity index (χ3n) is 5.26. The van der Waals surface area contributed by atoms with Gasteiger partial charge in [-0.2, -0.15) is 5.10 Å². The Labute approximate surface area is 202 Å². The molecule has 2 heterocycles. The van der Waals surface area contributed by atoms with Crippen LogP contribution in [0.2, 0.25) is 0 Å². The van der Waals surface area contributed by atoms with Crippen LogP contribution in [0.15, 0.2) is 59.8 Å². The molecule has 0 fully saturated rings. The van der Waals surface area contributed by atoms with Gasteiger partial charge in [0.05, 0.1) is 33.3 Å². The minimum absolute atomic E-state index is 0.0595. The van der Waals surface area contributed by atoms with Gasteiger partial charge in [0.15, 0.2) is 17.1 Å². The molecule has 4 rings (SSSR count). The average molecular weight is 479 g/mol. The molecule has 8 nitrogen and oxygen atoms in total. The number of hydrogen-bond donors (Lipinski definition) is 1. The Hall–Kier alpha value is -3.72. The topological polar surface area (TPSA) is 87.0 Å². The summed E-state index contributed by atoms with van der Waals surface area (Å²) in [5.74, 6) is 2.28. The van der Waals surface area contributed by atoms with Gasteiger partial charge >= 0.3 is 0 Å². The van der Waals surface area contributed by atoms with Gasteiger partial charge in [-0.1, -0.05) is 30.0 Å². The number of amides is 1. The highest BCUT2D eigenvalue weighted by Gasteiger charge is 2.15. The second-order valence-electron chi connectivity index (χ2n) is 7.51. The smallest absolute Gasteiger partial charge is 0.230 e. The van der Waals surface area contributed by atoms with E-state index in [0.717, 1.165) is 33.2 Å². The van der Waals surface area contributed by atoms with E-state index in [-0.39, 0.29) is 11.7 Å². The molecular weight excluding hydrogens is 452 g/mol. The van der Waals surface area contributed by atoms with Crippen LogP contribution in [0, 0.1) is 6.92 Å². The van der Waals surface area contributed by atoms with E-state index in [1.165, 1.54) is 11.8 Å². The van der Waals surface area contributed by atoms with Gasteiger partial charge in [-0.3, -0.25) is 4.79 Å². The number of aromatic nitrogens is 3. The monoisotopic (exact) mass is 478 g/mol. The fourth-order valence-electron chi connectivity index (χ4n) is 3.49. The SMILES string of the molecule is COc1ccc(CNC(=O)CSc2cc(C)nc3c(-c4ccc(OC)c(OC)c4)cnn23)cc1. The number of ether oxygens (including phenoxy) is 3. The number of aryl methyl sites for hydroxylation is 1. The highest BCUT2D eigenvalue weighted by Crippen LogP contribution is 2.34. The fraction of sp³-hybridized carbons (Fsp3) is 0.240. The Balaban J connectivity index is 1.49. The second-order valence-corrected chi connectivity index (χ2v) is 8.51. The van der Waals surface area contributed by atoms with E-state index < -0.39 is 0 Å². The van der Waals surface area contributed by atoms with E-state index >= 15 is 0 Å². The summed E-state index contributed by atoms with van der Waals surface area (Å²) >= 11 is 1.42. The van der Waals surface area contributed by atoms with Crippen molar-refractivity contribution in [1.29, 1.82) is 0 Å². The van der Waals surface area contributed by atoms with Gasteiger partial charge in [-0.05, 0) is 48.4 Å². The summed E-state index contributed by atoms with van der Waals surface area (Å²) in [6.07, 6.45) is 1.77. The van der Waals surface area contributed by atoms with Crippen molar-refractivity contribution in [2.45, 2.75) is 18.5 Å². The van der Waals surface area contributed by atoms with Crippen molar-refractivity contribution in [2.75, 3.05) is 27.1 Å². The van der Waals surface area contributed by atoms with E-state index in [1.807, 2.05) is 55.5 Å². The highest BCUT2D eigenvalue weighted by molar-refractivity contribution is 7.99. The van der Waals surface area contributed by atoms with Crippen molar-refractivity contribution in [3.8, 4) is 28.4 Å². The quantitative estimate of drug-likeness (QED) is 0.286. The van der Waals surface area contributed by atoms with Crippen LogP contribution in [0.3, 0.4) is 0 Å². The molecule has 0 saturated carbocycles. The van der Waals surface area contributed by atoms with Crippen molar-refractivity contribution in [3.63, 3.8) is 0 Å². The number of fused-ring (bicyclic) bond motifs is 1. The van der Waals surface area contributed by atoms with E-state index in [2.05, 4.69) is 10.4 Å². The summed E-state index contributed by atoms with van der Waals surface area (Å²) in [6.45, 7) is 2.39. The molecule has 2 aromatic heterocycles. The molecule has 1 amide bonds. The maximum absolute atomic E-state index is 12.5. The minimum atomic E-state index is -0.0595. The van der Waals surface area contributed by atoms with Crippen LogP contribution in [0.1, 0.15) is 11.3 Å². The number of thioether (sulfide) groups is 1. The van der Waals surface area contributed by atoms with E-state index in [1.54, 1.807) is 32.0 Å². The number of nitrogens with one attached hydrogen (secondary N) is 1. The summed E-state index contributed by atoms with van der Waals surface area (Å²) < 4.78 is 17.7. The first-order valence-corrected chi connectivity index (χ1v) is 11.6. The zero-order valence-corrected chi connectivity index (χ0v) is 20.3. The molecule has 0 bridgehead atoms. The highest BCUT2D eigenvalue weighted by atomic mass is 32.2. The lowest BCUT2D eigenvalue weighted by Gasteiger charge is -2.10. The van der Waals surface area contributed by atoms with Crippen molar-refractivity contribution in [1.82, 2.24) is 19.9 Å². The summed E-state index contributed by atoms with van der Waals surface area (Å²) in [4.78, 5) is 17.2. The Morgan fingerprint density at radius 3 is 2.47 bits per heavy atom. The molecule has 0 radical (unpaired) electrons. The largest absolute Gasteiger partial charge is 0.497 e. The third-order valence-corrected chi connectivity index (χ3v) is 6.25. The van der Waals surface area contributed by atoms with E-state index in [0.29, 0.717) is 23.7 Å². The lowest BCUT2D eigenvalue weighted by atomic mass is 10.1. The standard InChI is InChI=1S/C25H26N4O4S/c1-16-11-24(34-15-23(30)26-13-17-5-8-19(31-2)9-6-17)29-25(28-16)20(14-27-29)18-7-10-21(32-3)22(12-18)33-4/h5-12,14H,13,15H2,1-4H3,(H,26,30). The number of carbonyl (C=O) groups is 1.